The number of carbonyl (C=O) groups excluding carboxylic acids is 4. The zero-order chi connectivity index (χ0) is 27.4. The van der Waals surface area contributed by atoms with Gasteiger partial charge in [0, 0.05) is 6.92 Å². The minimum atomic E-state index is -1.07. The van der Waals surface area contributed by atoms with Gasteiger partial charge in [0.05, 0.1) is 13.2 Å². The molecule has 0 saturated carbocycles. The second kappa shape index (κ2) is 14.9. The molecule has 0 saturated heterocycles. The van der Waals surface area contributed by atoms with E-state index in [9.17, 15) is 19.2 Å². The molecule has 0 radical (unpaired) electrons. The number of hydrogen-bond acceptors (Lipinski definition) is 11. The van der Waals surface area contributed by atoms with E-state index in [1.54, 1.807) is 19.9 Å². The van der Waals surface area contributed by atoms with Gasteiger partial charge in [-0.25, -0.2) is 9.59 Å². The molecule has 1 aromatic carbocycles. The highest BCUT2D eigenvalue weighted by Gasteiger charge is 2.24. The van der Waals surface area contributed by atoms with E-state index in [4.69, 9.17) is 34.2 Å². The Morgan fingerprint density at radius 1 is 0.778 bits per heavy atom. The van der Waals surface area contributed by atoms with Crippen LogP contribution in [-0.2, 0) is 35.0 Å². The second-order valence-corrected chi connectivity index (χ2v) is 9.16. The fourth-order valence-corrected chi connectivity index (χ4v) is 2.61. The van der Waals surface area contributed by atoms with Crippen molar-refractivity contribution in [3.63, 3.8) is 0 Å². The number of carbonyl (C=O) groups is 4. The van der Waals surface area contributed by atoms with Gasteiger partial charge in [0.1, 0.15) is 18.2 Å². The van der Waals surface area contributed by atoms with Crippen molar-refractivity contribution in [2.24, 2.45) is 17.6 Å². The van der Waals surface area contributed by atoms with Crippen molar-refractivity contribution < 1.29 is 47.6 Å². The van der Waals surface area contributed by atoms with Crippen LogP contribution in [0.5, 0.6) is 11.5 Å². The lowest BCUT2D eigenvalue weighted by molar-refractivity contribution is -0.164. The van der Waals surface area contributed by atoms with Crippen LogP contribution in [0.4, 0.5) is 9.59 Å². The van der Waals surface area contributed by atoms with Crippen molar-refractivity contribution in [3.05, 3.63) is 23.8 Å². The summed E-state index contributed by atoms with van der Waals surface area (Å²) in [5.41, 5.74) is 6.49. The van der Waals surface area contributed by atoms with Gasteiger partial charge in [0.2, 0.25) is 0 Å². The summed E-state index contributed by atoms with van der Waals surface area (Å²) >= 11 is 0. The lowest BCUT2D eigenvalue weighted by Gasteiger charge is -2.22. The first kappa shape index (κ1) is 30.7. The minimum Gasteiger partial charge on any atom is -0.459 e. The standard InChI is InChI=1S/C25H37NO10/c1-14(2)12-31-24(29)35-21-9-8-19(11-22(21)36-25(30)32-13-15(3)4)10-20(26)23(28)34-17(6)16(5)33-18(7)27/h8-9,11,14-17,20H,10,12-13,26H2,1-7H3/t16-,17-,20-/m0/s1. The molecule has 0 unspecified atom stereocenters. The van der Waals surface area contributed by atoms with E-state index in [2.05, 4.69) is 0 Å². The van der Waals surface area contributed by atoms with Crippen molar-refractivity contribution in [3.8, 4) is 11.5 Å². The molecule has 0 fully saturated rings. The molecule has 1 aromatic rings. The monoisotopic (exact) mass is 511 g/mol. The Balaban J connectivity index is 2.96. The van der Waals surface area contributed by atoms with Crippen LogP contribution in [0.1, 0.15) is 54.0 Å². The molecular formula is C25H37NO10. The van der Waals surface area contributed by atoms with Crippen LogP contribution in [0.25, 0.3) is 0 Å². The Hall–Kier alpha value is -3.34. The first-order valence-corrected chi connectivity index (χ1v) is 11.7. The maximum atomic E-state index is 12.4. The van der Waals surface area contributed by atoms with Crippen molar-refractivity contribution >= 4 is 24.2 Å². The summed E-state index contributed by atoms with van der Waals surface area (Å²) in [6, 6.07) is 3.27. The number of ether oxygens (including phenoxy) is 6. The van der Waals surface area contributed by atoms with Gasteiger partial charge in [0.25, 0.3) is 0 Å². The molecule has 0 aliphatic carbocycles. The summed E-state index contributed by atoms with van der Waals surface area (Å²) in [7, 11) is 0. The van der Waals surface area contributed by atoms with Crippen LogP contribution < -0.4 is 15.2 Å². The molecule has 0 aromatic heterocycles. The van der Waals surface area contributed by atoms with Gasteiger partial charge in [-0.1, -0.05) is 33.8 Å². The number of rotatable bonds is 12. The Morgan fingerprint density at radius 2 is 1.28 bits per heavy atom. The average Bonchev–Trinajstić information content (AvgIpc) is 2.77. The van der Waals surface area contributed by atoms with E-state index in [1.807, 2.05) is 27.7 Å². The predicted octanol–water partition coefficient (Wildman–Crippen LogP) is 3.78. The van der Waals surface area contributed by atoms with E-state index >= 15 is 0 Å². The van der Waals surface area contributed by atoms with Gasteiger partial charge < -0.3 is 34.2 Å². The topological polar surface area (TPSA) is 150 Å². The summed E-state index contributed by atoms with van der Waals surface area (Å²) in [4.78, 5) is 47.7. The molecule has 11 nitrogen and oxygen atoms in total. The predicted molar refractivity (Wildman–Crippen MR) is 129 cm³/mol. The number of benzene rings is 1. The fraction of sp³-hybridized carbons (Fsp3) is 0.600. The first-order valence-electron chi connectivity index (χ1n) is 11.7. The largest absolute Gasteiger partial charge is 0.513 e. The van der Waals surface area contributed by atoms with Crippen molar-refractivity contribution in [1.29, 1.82) is 0 Å². The molecule has 1 rings (SSSR count). The maximum Gasteiger partial charge on any atom is 0.513 e. The quantitative estimate of drug-likeness (QED) is 0.248. The SMILES string of the molecule is CC(=O)O[C@@H](C)[C@H](C)OC(=O)[C@@H](N)Cc1ccc(OC(=O)OCC(C)C)c(OC(=O)OCC(C)C)c1. The van der Waals surface area contributed by atoms with Gasteiger partial charge in [0.15, 0.2) is 11.5 Å². The summed E-state index contributed by atoms with van der Waals surface area (Å²) < 4.78 is 30.8. The number of nitrogens with two attached hydrogens (primary N) is 1. The zero-order valence-corrected chi connectivity index (χ0v) is 21.9. The van der Waals surface area contributed by atoms with Gasteiger partial charge in [-0.05, 0) is 49.8 Å². The molecule has 0 aliphatic rings. The summed E-state index contributed by atoms with van der Waals surface area (Å²) in [6.07, 6.45) is -3.30. The second-order valence-electron chi connectivity index (χ2n) is 9.16. The number of hydrogen-bond donors (Lipinski definition) is 1. The van der Waals surface area contributed by atoms with Gasteiger partial charge in [-0.2, -0.15) is 0 Å². The molecular weight excluding hydrogens is 474 g/mol. The highest BCUT2D eigenvalue weighted by molar-refractivity contribution is 5.76. The molecule has 0 heterocycles. The van der Waals surface area contributed by atoms with E-state index in [-0.39, 0.29) is 43.0 Å². The lowest BCUT2D eigenvalue weighted by atomic mass is 10.1. The third-order valence-corrected chi connectivity index (χ3v) is 4.54. The Kier molecular flexibility index (Phi) is 12.7. The smallest absolute Gasteiger partial charge is 0.459 e. The van der Waals surface area contributed by atoms with Crippen LogP contribution >= 0.6 is 0 Å². The van der Waals surface area contributed by atoms with Crippen molar-refractivity contribution in [2.45, 2.75) is 73.1 Å². The molecule has 36 heavy (non-hydrogen) atoms. The van der Waals surface area contributed by atoms with Crippen LogP contribution in [-0.4, -0.2) is 55.7 Å². The van der Waals surface area contributed by atoms with Crippen LogP contribution in [0, 0.1) is 11.8 Å². The number of esters is 2. The van der Waals surface area contributed by atoms with Crippen LogP contribution in [0.15, 0.2) is 18.2 Å². The Bertz CT molecular complexity index is 899. The average molecular weight is 512 g/mol. The lowest BCUT2D eigenvalue weighted by Crippen LogP contribution is -2.39. The molecule has 2 N–H and O–H groups in total. The first-order chi connectivity index (χ1) is 16.8. The highest BCUT2D eigenvalue weighted by atomic mass is 16.7. The van der Waals surface area contributed by atoms with E-state index in [0.29, 0.717) is 5.56 Å². The normalized spacial score (nSPS) is 13.4. The Labute approximate surface area is 211 Å². The van der Waals surface area contributed by atoms with Gasteiger partial charge in [-0.15, -0.1) is 0 Å². The van der Waals surface area contributed by atoms with E-state index < -0.39 is 42.5 Å². The van der Waals surface area contributed by atoms with E-state index in [0.717, 1.165) is 0 Å². The molecule has 202 valence electrons. The van der Waals surface area contributed by atoms with Gasteiger partial charge in [-0.3, -0.25) is 9.59 Å². The molecule has 11 heteroatoms. The van der Waals surface area contributed by atoms with Crippen molar-refractivity contribution in [1.82, 2.24) is 0 Å². The van der Waals surface area contributed by atoms with Gasteiger partial charge >= 0.3 is 24.2 Å². The van der Waals surface area contributed by atoms with Crippen molar-refractivity contribution in [2.75, 3.05) is 13.2 Å². The fourth-order valence-electron chi connectivity index (χ4n) is 2.61. The van der Waals surface area contributed by atoms with Crippen LogP contribution in [0.2, 0.25) is 0 Å². The molecule has 3 atom stereocenters. The summed E-state index contributed by atoms with van der Waals surface area (Å²) in [5.74, 6) is -1.21. The zero-order valence-electron chi connectivity index (χ0n) is 21.9. The van der Waals surface area contributed by atoms with Crippen LogP contribution in [0.3, 0.4) is 0 Å². The highest BCUT2D eigenvalue weighted by Crippen LogP contribution is 2.30. The molecule has 0 spiro atoms. The minimum absolute atomic E-state index is 0.0168. The summed E-state index contributed by atoms with van der Waals surface area (Å²) in [5, 5.41) is 0. The molecule has 0 bridgehead atoms. The third kappa shape index (κ3) is 11.9. The maximum absolute atomic E-state index is 12.4. The molecule has 0 amide bonds. The third-order valence-electron chi connectivity index (χ3n) is 4.54. The summed E-state index contributed by atoms with van der Waals surface area (Å²) in [6.45, 7) is 12.2. The molecule has 0 aliphatic heterocycles. The van der Waals surface area contributed by atoms with E-state index in [1.165, 1.54) is 19.1 Å². The Morgan fingerprint density at radius 3 is 1.78 bits per heavy atom.